The van der Waals surface area contributed by atoms with Crippen LogP contribution in [0.4, 0.5) is 0 Å². The Morgan fingerprint density at radius 3 is 2.67 bits per heavy atom. The van der Waals surface area contributed by atoms with Gasteiger partial charge in [-0.1, -0.05) is 23.8 Å². The minimum Gasteiger partial charge on any atom is -0.481 e. The average Bonchev–Trinajstić information content (AvgIpc) is 2.27. The van der Waals surface area contributed by atoms with E-state index in [0.717, 1.165) is 11.1 Å². The molecule has 0 aliphatic rings. The molecule has 0 aliphatic carbocycles. The Kier molecular flexibility index (Phi) is 5.11. The number of carboxylic acid groups (broad SMARTS) is 1. The van der Waals surface area contributed by atoms with Gasteiger partial charge in [-0.2, -0.15) is 0 Å². The van der Waals surface area contributed by atoms with Gasteiger partial charge in [0.25, 0.3) is 0 Å². The number of hydrogen-bond donors (Lipinski definition) is 2. The highest BCUT2D eigenvalue weighted by atomic mass is 16.4. The van der Waals surface area contributed by atoms with E-state index in [4.69, 9.17) is 5.11 Å². The molecule has 96 valence electrons. The number of carboxylic acids is 1. The molecule has 0 unspecified atom stereocenters. The van der Waals surface area contributed by atoms with Crippen LogP contribution >= 0.6 is 0 Å². The number of aliphatic carboxylic acids is 1. The van der Waals surface area contributed by atoms with Gasteiger partial charge in [0, 0.05) is 12.6 Å². The Hall–Kier alpha value is -2.10. The van der Waals surface area contributed by atoms with Gasteiger partial charge >= 0.3 is 5.97 Å². The second-order valence-corrected chi connectivity index (χ2v) is 4.13. The van der Waals surface area contributed by atoms with Gasteiger partial charge in [-0.15, -0.1) is 0 Å². The van der Waals surface area contributed by atoms with E-state index in [2.05, 4.69) is 5.32 Å². The SMILES string of the molecule is Cc1ccc(/C=C/C(=O)NCCC(=O)O)c(C)c1. The Bertz CT molecular complexity index is 478. The molecule has 0 spiro atoms. The number of aryl methyl sites for hydroxylation is 2. The first-order valence-corrected chi connectivity index (χ1v) is 5.74. The van der Waals surface area contributed by atoms with Crippen molar-refractivity contribution in [2.75, 3.05) is 6.54 Å². The molecule has 0 saturated carbocycles. The fourth-order valence-electron chi connectivity index (χ4n) is 1.53. The highest BCUT2D eigenvalue weighted by Gasteiger charge is 1.99. The van der Waals surface area contributed by atoms with Crippen molar-refractivity contribution in [3.05, 3.63) is 41.0 Å². The fraction of sp³-hybridized carbons (Fsp3) is 0.286. The molecule has 0 heterocycles. The Morgan fingerprint density at radius 1 is 1.33 bits per heavy atom. The first-order chi connectivity index (χ1) is 8.49. The number of amides is 1. The molecule has 4 nitrogen and oxygen atoms in total. The van der Waals surface area contributed by atoms with Crippen LogP contribution in [0.1, 0.15) is 23.1 Å². The van der Waals surface area contributed by atoms with Crippen molar-refractivity contribution in [2.24, 2.45) is 0 Å². The summed E-state index contributed by atoms with van der Waals surface area (Å²) >= 11 is 0. The van der Waals surface area contributed by atoms with Crippen LogP contribution in [0.3, 0.4) is 0 Å². The summed E-state index contributed by atoms with van der Waals surface area (Å²) in [7, 11) is 0. The molecule has 0 fully saturated rings. The number of hydrogen-bond acceptors (Lipinski definition) is 2. The first kappa shape index (κ1) is 14.0. The zero-order valence-electron chi connectivity index (χ0n) is 10.6. The van der Waals surface area contributed by atoms with Crippen molar-refractivity contribution in [2.45, 2.75) is 20.3 Å². The fourth-order valence-corrected chi connectivity index (χ4v) is 1.53. The second kappa shape index (κ2) is 6.59. The Balaban J connectivity index is 2.53. The number of rotatable bonds is 5. The summed E-state index contributed by atoms with van der Waals surface area (Å²) in [5, 5.41) is 10.9. The maximum Gasteiger partial charge on any atom is 0.305 e. The standard InChI is InChI=1S/C14H17NO3/c1-10-3-4-12(11(2)9-10)5-6-13(16)15-8-7-14(17)18/h3-6,9H,7-8H2,1-2H3,(H,15,16)(H,17,18)/b6-5+. The summed E-state index contributed by atoms with van der Waals surface area (Å²) < 4.78 is 0. The number of nitrogens with one attached hydrogen (secondary N) is 1. The normalized spacial score (nSPS) is 10.6. The van der Waals surface area contributed by atoms with Crippen LogP contribution in [0, 0.1) is 13.8 Å². The minimum atomic E-state index is -0.923. The van der Waals surface area contributed by atoms with Gasteiger partial charge in [-0.3, -0.25) is 9.59 Å². The highest BCUT2D eigenvalue weighted by Crippen LogP contribution is 2.11. The van der Waals surface area contributed by atoms with Crippen molar-refractivity contribution >= 4 is 18.0 Å². The van der Waals surface area contributed by atoms with Gasteiger partial charge in [0.1, 0.15) is 0 Å². The zero-order valence-corrected chi connectivity index (χ0v) is 10.6. The minimum absolute atomic E-state index is 0.0663. The van der Waals surface area contributed by atoms with Gasteiger partial charge in [0.05, 0.1) is 6.42 Å². The highest BCUT2D eigenvalue weighted by molar-refractivity contribution is 5.92. The second-order valence-electron chi connectivity index (χ2n) is 4.13. The smallest absolute Gasteiger partial charge is 0.305 e. The molecule has 1 amide bonds. The summed E-state index contributed by atoms with van der Waals surface area (Å²) in [5.74, 6) is -1.20. The van der Waals surface area contributed by atoms with Crippen molar-refractivity contribution in [1.29, 1.82) is 0 Å². The number of benzene rings is 1. The summed E-state index contributed by atoms with van der Waals surface area (Å²) in [6.07, 6.45) is 3.08. The van der Waals surface area contributed by atoms with E-state index in [9.17, 15) is 9.59 Å². The van der Waals surface area contributed by atoms with Gasteiger partial charge in [0.15, 0.2) is 0 Å². The molecule has 1 aromatic rings. The Labute approximate surface area is 106 Å². The largest absolute Gasteiger partial charge is 0.481 e. The van der Waals surface area contributed by atoms with E-state index < -0.39 is 5.97 Å². The van der Waals surface area contributed by atoms with E-state index in [-0.39, 0.29) is 18.9 Å². The molecule has 18 heavy (non-hydrogen) atoms. The van der Waals surface area contributed by atoms with Gasteiger partial charge in [-0.25, -0.2) is 0 Å². The van der Waals surface area contributed by atoms with Crippen LogP contribution in [0.15, 0.2) is 24.3 Å². The summed E-state index contributed by atoms with van der Waals surface area (Å²) in [6.45, 7) is 4.14. The van der Waals surface area contributed by atoms with Crippen LogP contribution in [-0.4, -0.2) is 23.5 Å². The third-order valence-electron chi connectivity index (χ3n) is 2.48. The molecular formula is C14H17NO3. The van der Waals surface area contributed by atoms with Gasteiger partial charge in [-0.05, 0) is 31.1 Å². The monoisotopic (exact) mass is 247 g/mol. The predicted molar refractivity (Wildman–Crippen MR) is 70.2 cm³/mol. The van der Waals surface area contributed by atoms with Crippen molar-refractivity contribution in [1.82, 2.24) is 5.32 Å². The van der Waals surface area contributed by atoms with Crippen molar-refractivity contribution < 1.29 is 14.7 Å². The van der Waals surface area contributed by atoms with Gasteiger partial charge in [0.2, 0.25) is 5.91 Å². The third-order valence-corrected chi connectivity index (χ3v) is 2.48. The number of carbonyl (C=O) groups excluding carboxylic acids is 1. The van der Waals surface area contributed by atoms with Crippen LogP contribution < -0.4 is 5.32 Å². The van der Waals surface area contributed by atoms with Crippen LogP contribution in [0.25, 0.3) is 6.08 Å². The topological polar surface area (TPSA) is 66.4 Å². The van der Waals surface area contributed by atoms with E-state index in [1.165, 1.54) is 11.6 Å². The lowest BCUT2D eigenvalue weighted by atomic mass is 10.1. The summed E-state index contributed by atoms with van der Waals surface area (Å²) in [5.41, 5.74) is 3.26. The molecule has 0 bridgehead atoms. The van der Waals surface area contributed by atoms with E-state index in [0.29, 0.717) is 0 Å². The molecule has 0 radical (unpaired) electrons. The lowest BCUT2D eigenvalue weighted by molar-refractivity contribution is -0.136. The molecule has 4 heteroatoms. The van der Waals surface area contributed by atoms with E-state index >= 15 is 0 Å². The third kappa shape index (κ3) is 4.82. The lowest BCUT2D eigenvalue weighted by Crippen LogP contribution is -2.23. The molecule has 0 saturated heterocycles. The van der Waals surface area contributed by atoms with Crippen molar-refractivity contribution in [3.8, 4) is 0 Å². The molecule has 1 rings (SSSR count). The van der Waals surface area contributed by atoms with Crippen LogP contribution in [-0.2, 0) is 9.59 Å². The maximum absolute atomic E-state index is 11.4. The number of carbonyl (C=O) groups is 2. The maximum atomic E-state index is 11.4. The zero-order chi connectivity index (χ0) is 13.5. The van der Waals surface area contributed by atoms with E-state index in [1.807, 2.05) is 32.0 Å². The quantitative estimate of drug-likeness (QED) is 0.781. The predicted octanol–water partition coefficient (Wildman–Crippen LogP) is 1.91. The molecule has 0 atom stereocenters. The summed E-state index contributed by atoms with van der Waals surface area (Å²) in [6, 6.07) is 5.97. The van der Waals surface area contributed by atoms with Crippen molar-refractivity contribution in [3.63, 3.8) is 0 Å². The summed E-state index contributed by atoms with van der Waals surface area (Å²) in [4.78, 5) is 21.7. The molecule has 0 aromatic heterocycles. The molecular weight excluding hydrogens is 230 g/mol. The average molecular weight is 247 g/mol. The van der Waals surface area contributed by atoms with E-state index in [1.54, 1.807) is 6.08 Å². The van der Waals surface area contributed by atoms with Crippen LogP contribution in [0.5, 0.6) is 0 Å². The lowest BCUT2D eigenvalue weighted by Gasteiger charge is -2.02. The molecule has 0 aliphatic heterocycles. The Morgan fingerprint density at radius 2 is 2.06 bits per heavy atom. The molecule has 2 N–H and O–H groups in total. The van der Waals surface area contributed by atoms with Gasteiger partial charge < -0.3 is 10.4 Å². The van der Waals surface area contributed by atoms with Crippen LogP contribution in [0.2, 0.25) is 0 Å². The molecule has 1 aromatic carbocycles. The first-order valence-electron chi connectivity index (χ1n) is 5.74.